The number of carbonyl (C=O) groups excluding carboxylic acids is 2. The number of hydrogen-bond donors (Lipinski definition) is 3. The van der Waals surface area contributed by atoms with Crippen molar-refractivity contribution in [2.24, 2.45) is 17.8 Å². The van der Waals surface area contributed by atoms with Gasteiger partial charge in [0.05, 0.1) is 12.7 Å². The van der Waals surface area contributed by atoms with Gasteiger partial charge in [0, 0.05) is 30.3 Å². The molecule has 0 radical (unpaired) electrons. The molecule has 1 aliphatic carbocycles. The highest BCUT2D eigenvalue weighted by atomic mass is 16.5. The molecule has 1 saturated carbocycles. The van der Waals surface area contributed by atoms with E-state index in [0.717, 1.165) is 6.42 Å². The van der Waals surface area contributed by atoms with E-state index in [2.05, 4.69) is 10.6 Å². The first kappa shape index (κ1) is 19.4. The van der Waals surface area contributed by atoms with Crippen LogP contribution in [-0.2, 0) is 9.53 Å². The number of benzene rings is 1. The third-order valence-electron chi connectivity index (χ3n) is 4.10. The monoisotopic (exact) mass is 348 g/mol. The maximum Gasteiger partial charge on any atom is 0.251 e. The van der Waals surface area contributed by atoms with Crippen LogP contribution in [0.2, 0.25) is 0 Å². The SMILES string of the molecule is CC(C)COC[C@H](O)CNC(=O)c1cccc(NC(=O)[C@@H]2C[C@H]2C)c1. The van der Waals surface area contributed by atoms with Gasteiger partial charge in [-0.2, -0.15) is 0 Å². The van der Waals surface area contributed by atoms with Crippen molar-refractivity contribution < 1.29 is 19.4 Å². The summed E-state index contributed by atoms with van der Waals surface area (Å²) >= 11 is 0. The minimum absolute atomic E-state index is 0.00258. The number of ether oxygens (including phenoxy) is 1. The van der Waals surface area contributed by atoms with Gasteiger partial charge in [0.2, 0.25) is 5.91 Å². The Hall–Kier alpha value is -1.92. The number of rotatable bonds is 9. The van der Waals surface area contributed by atoms with Gasteiger partial charge in [-0.25, -0.2) is 0 Å². The molecule has 0 unspecified atom stereocenters. The van der Waals surface area contributed by atoms with Gasteiger partial charge in [0.1, 0.15) is 0 Å². The number of anilines is 1. The Labute approximate surface area is 149 Å². The summed E-state index contributed by atoms with van der Waals surface area (Å²) in [5, 5.41) is 15.3. The zero-order chi connectivity index (χ0) is 18.4. The van der Waals surface area contributed by atoms with Gasteiger partial charge in [0.15, 0.2) is 0 Å². The predicted octanol–water partition coefficient (Wildman–Crippen LogP) is 2.04. The smallest absolute Gasteiger partial charge is 0.251 e. The molecule has 2 rings (SSSR count). The summed E-state index contributed by atoms with van der Waals surface area (Å²) in [6, 6.07) is 6.80. The van der Waals surface area contributed by atoms with E-state index in [1.165, 1.54) is 0 Å². The molecule has 25 heavy (non-hydrogen) atoms. The van der Waals surface area contributed by atoms with E-state index in [0.29, 0.717) is 29.7 Å². The Bertz CT molecular complexity index is 603. The van der Waals surface area contributed by atoms with Crippen LogP contribution in [0, 0.1) is 17.8 Å². The summed E-state index contributed by atoms with van der Waals surface area (Å²) < 4.78 is 5.35. The molecule has 1 aromatic carbocycles. The number of aliphatic hydroxyl groups is 1. The third kappa shape index (κ3) is 6.48. The number of amides is 2. The minimum Gasteiger partial charge on any atom is -0.389 e. The molecule has 3 atom stereocenters. The quantitative estimate of drug-likeness (QED) is 0.637. The largest absolute Gasteiger partial charge is 0.389 e. The Morgan fingerprint density at radius 1 is 1.32 bits per heavy atom. The fraction of sp³-hybridized carbons (Fsp3) is 0.579. The van der Waals surface area contributed by atoms with Crippen molar-refractivity contribution in [2.45, 2.75) is 33.3 Å². The summed E-state index contributed by atoms with van der Waals surface area (Å²) in [5.41, 5.74) is 1.05. The highest BCUT2D eigenvalue weighted by molar-refractivity contribution is 5.98. The zero-order valence-corrected chi connectivity index (χ0v) is 15.1. The van der Waals surface area contributed by atoms with Crippen molar-refractivity contribution in [3.05, 3.63) is 29.8 Å². The van der Waals surface area contributed by atoms with E-state index in [4.69, 9.17) is 4.74 Å². The summed E-state index contributed by atoms with van der Waals surface area (Å²) in [5.74, 6) is 0.629. The molecular weight excluding hydrogens is 320 g/mol. The van der Waals surface area contributed by atoms with Crippen molar-refractivity contribution in [2.75, 3.05) is 25.1 Å². The molecule has 0 saturated heterocycles. The van der Waals surface area contributed by atoms with E-state index in [-0.39, 0.29) is 30.9 Å². The van der Waals surface area contributed by atoms with Gasteiger partial charge < -0.3 is 20.5 Å². The fourth-order valence-electron chi connectivity index (χ4n) is 2.47. The van der Waals surface area contributed by atoms with Crippen LogP contribution in [0.1, 0.15) is 37.6 Å². The first-order valence-electron chi connectivity index (χ1n) is 8.81. The van der Waals surface area contributed by atoms with Crippen LogP contribution in [0.3, 0.4) is 0 Å². The average Bonchev–Trinajstić information content (AvgIpc) is 3.29. The number of nitrogens with one attached hydrogen (secondary N) is 2. The second-order valence-corrected chi connectivity index (χ2v) is 7.18. The molecule has 0 bridgehead atoms. The van der Waals surface area contributed by atoms with Crippen LogP contribution in [0.4, 0.5) is 5.69 Å². The molecule has 3 N–H and O–H groups in total. The molecular formula is C19H28N2O4. The molecule has 0 aromatic heterocycles. The van der Waals surface area contributed by atoms with E-state index >= 15 is 0 Å². The third-order valence-corrected chi connectivity index (χ3v) is 4.10. The lowest BCUT2D eigenvalue weighted by molar-refractivity contribution is -0.117. The fourth-order valence-corrected chi connectivity index (χ4v) is 2.47. The average molecular weight is 348 g/mol. The topological polar surface area (TPSA) is 87.7 Å². The molecule has 6 heteroatoms. The predicted molar refractivity (Wildman–Crippen MR) is 96.3 cm³/mol. The van der Waals surface area contributed by atoms with Crippen molar-refractivity contribution in [1.82, 2.24) is 5.32 Å². The van der Waals surface area contributed by atoms with Crippen LogP contribution in [0.5, 0.6) is 0 Å². The van der Waals surface area contributed by atoms with Gasteiger partial charge in [-0.05, 0) is 36.5 Å². The van der Waals surface area contributed by atoms with Gasteiger partial charge in [-0.15, -0.1) is 0 Å². The zero-order valence-electron chi connectivity index (χ0n) is 15.1. The van der Waals surface area contributed by atoms with E-state index in [1.807, 2.05) is 20.8 Å². The molecule has 1 aromatic rings. The molecule has 6 nitrogen and oxygen atoms in total. The maximum absolute atomic E-state index is 12.2. The Balaban J connectivity index is 1.79. The van der Waals surface area contributed by atoms with Gasteiger partial charge in [-0.3, -0.25) is 9.59 Å². The molecule has 138 valence electrons. The van der Waals surface area contributed by atoms with Crippen molar-refractivity contribution in [3.63, 3.8) is 0 Å². The highest BCUT2D eigenvalue weighted by Gasteiger charge is 2.39. The second kappa shape index (κ2) is 8.97. The lowest BCUT2D eigenvalue weighted by atomic mass is 10.1. The normalized spacial score (nSPS) is 20.2. The molecule has 1 fully saturated rings. The number of hydrogen-bond acceptors (Lipinski definition) is 4. The first-order chi connectivity index (χ1) is 11.9. The van der Waals surface area contributed by atoms with E-state index in [9.17, 15) is 14.7 Å². The van der Waals surface area contributed by atoms with Crippen LogP contribution in [0.15, 0.2) is 24.3 Å². The standard InChI is InChI=1S/C19H28N2O4/c1-12(2)10-25-11-16(22)9-20-18(23)14-5-4-6-15(8-14)21-19(24)17-7-13(17)3/h4-6,8,12-13,16-17,22H,7,9-11H2,1-3H3,(H,20,23)(H,21,24)/t13-,16-,17-/m1/s1. The first-order valence-corrected chi connectivity index (χ1v) is 8.81. The molecule has 0 spiro atoms. The lowest BCUT2D eigenvalue weighted by Gasteiger charge is -2.14. The lowest BCUT2D eigenvalue weighted by Crippen LogP contribution is -2.34. The maximum atomic E-state index is 12.2. The van der Waals surface area contributed by atoms with Crippen LogP contribution < -0.4 is 10.6 Å². The Morgan fingerprint density at radius 3 is 2.68 bits per heavy atom. The van der Waals surface area contributed by atoms with Crippen molar-refractivity contribution in [3.8, 4) is 0 Å². The summed E-state index contributed by atoms with van der Waals surface area (Å²) in [4.78, 5) is 24.2. The van der Waals surface area contributed by atoms with E-state index < -0.39 is 6.10 Å². The molecule has 2 amide bonds. The highest BCUT2D eigenvalue weighted by Crippen LogP contribution is 2.38. The van der Waals surface area contributed by atoms with Crippen LogP contribution in [0.25, 0.3) is 0 Å². The molecule has 0 heterocycles. The Morgan fingerprint density at radius 2 is 2.04 bits per heavy atom. The number of aliphatic hydroxyl groups excluding tert-OH is 1. The van der Waals surface area contributed by atoms with Gasteiger partial charge in [-0.1, -0.05) is 26.8 Å². The second-order valence-electron chi connectivity index (χ2n) is 7.18. The van der Waals surface area contributed by atoms with E-state index in [1.54, 1.807) is 24.3 Å². The van der Waals surface area contributed by atoms with Crippen molar-refractivity contribution >= 4 is 17.5 Å². The summed E-state index contributed by atoms with van der Waals surface area (Å²) in [7, 11) is 0. The van der Waals surface area contributed by atoms with Crippen LogP contribution in [-0.4, -0.2) is 42.8 Å². The van der Waals surface area contributed by atoms with Gasteiger partial charge in [0.25, 0.3) is 5.91 Å². The minimum atomic E-state index is -0.748. The van der Waals surface area contributed by atoms with Gasteiger partial charge >= 0.3 is 0 Å². The molecule has 1 aliphatic rings. The summed E-state index contributed by atoms with van der Waals surface area (Å²) in [6.45, 7) is 6.99. The number of carbonyl (C=O) groups is 2. The Kier molecular flexibility index (Phi) is 6.96. The van der Waals surface area contributed by atoms with Crippen LogP contribution >= 0.6 is 0 Å². The summed E-state index contributed by atoms with van der Waals surface area (Å²) in [6.07, 6.45) is 0.171. The van der Waals surface area contributed by atoms with Crippen molar-refractivity contribution in [1.29, 1.82) is 0 Å². The molecule has 0 aliphatic heterocycles.